The van der Waals surface area contributed by atoms with Crippen LogP contribution in [0.3, 0.4) is 0 Å². The number of rotatable bonds is 4. The van der Waals surface area contributed by atoms with Crippen molar-refractivity contribution in [2.45, 2.75) is 59.5 Å². The van der Waals surface area contributed by atoms with Gasteiger partial charge < -0.3 is 10.2 Å². The molecule has 0 radical (unpaired) electrons. The molecule has 0 atom stereocenters. The molecule has 1 fully saturated rings. The van der Waals surface area contributed by atoms with E-state index < -0.39 is 0 Å². The van der Waals surface area contributed by atoms with E-state index in [0.29, 0.717) is 0 Å². The van der Waals surface area contributed by atoms with E-state index in [4.69, 9.17) is 4.98 Å². The Bertz CT molecular complexity index is 412. The standard InChI is InChI=1S/C16H29N3S/c1-12(2)13-6-8-19(9-7-13)15-18-14(11-20-15)10-17-16(3,4)5/h11-13,17H,6-10H2,1-5H3. The lowest BCUT2D eigenvalue weighted by molar-refractivity contribution is 0.311. The summed E-state index contributed by atoms with van der Waals surface area (Å²) in [4.78, 5) is 7.25. The Morgan fingerprint density at radius 1 is 1.35 bits per heavy atom. The molecule has 1 aliphatic heterocycles. The highest BCUT2D eigenvalue weighted by atomic mass is 32.1. The fourth-order valence-electron chi connectivity index (χ4n) is 2.64. The average molecular weight is 295 g/mol. The lowest BCUT2D eigenvalue weighted by atomic mass is 9.87. The molecule has 0 unspecified atom stereocenters. The van der Waals surface area contributed by atoms with E-state index in [1.54, 1.807) is 11.3 Å². The summed E-state index contributed by atoms with van der Waals surface area (Å²) in [5, 5.41) is 6.91. The van der Waals surface area contributed by atoms with E-state index >= 15 is 0 Å². The van der Waals surface area contributed by atoms with Gasteiger partial charge in [0, 0.05) is 30.6 Å². The van der Waals surface area contributed by atoms with Crippen LogP contribution in [0.1, 0.15) is 53.2 Å². The zero-order valence-electron chi connectivity index (χ0n) is 13.6. The molecular formula is C16H29N3S. The van der Waals surface area contributed by atoms with Crippen LogP contribution in [0.2, 0.25) is 0 Å². The molecule has 0 spiro atoms. The first-order chi connectivity index (χ1) is 9.35. The van der Waals surface area contributed by atoms with E-state index in [1.165, 1.54) is 36.8 Å². The van der Waals surface area contributed by atoms with Crippen molar-refractivity contribution in [3.8, 4) is 0 Å². The molecule has 1 aromatic heterocycles. The van der Waals surface area contributed by atoms with Crippen molar-refractivity contribution in [1.82, 2.24) is 10.3 Å². The van der Waals surface area contributed by atoms with Gasteiger partial charge in [0.05, 0.1) is 5.69 Å². The van der Waals surface area contributed by atoms with E-state index in [1.807, 2.05) is 0 Å². The van der Waals surface area contributed by atoms with E-state index in [0.717, 1.165) is 18.4 Å². The molecular weight excluding hydrogens is 266 g/mol. The highest BCUT2D eigenvalue weighted by Crippen LogP contribution is 2.29. The summed E-state index contributed by atoms with van der Waals surface area (Å²) in [5.41, 5.74) is 1.32. The Morgan fingerprint density at radius 2 is 2.00 bits per heavy atom. The van der Waals surface area contributed by atoms with Gasteiger partial charge in [-0.3, -0.25) is 0 Å². The van der Waals surface area contributed by atoms with Crippen molar-refractivity contribution in [2.24, 2.45) is 11.8 Å². The first-order valence-corrected chi connectivity index (χ1v) is 8.67. The lowest BCUT2D eigenvalue weighted by Crippen LogP contribution is -2.36. The van der Waals surface area contributed by atoms with Crippen LogP contribution in [0.5, 0.6) is 0 Å². The minimum Gasteiger partial charge on any atom is -0.348 e. The summed E-state index contributed by atoms with van der Waals surface area (Å²) in [6.45, 7) is 14.5. The van der Waals surface area contributed by atoms with E-state index in [9.17, 15) is 0 Å². The summed E-state index contributed by atoms with van der Waals surface area (Å²) in [6.07, 6.45) is 2.62. The number of piperidine rings is 1. The van der Waals surface area contributed by atoms with Crippen LogP contribution in [0.4, 0.5) is 5.13 Å². The maximum absolute atomic E-state index is 4.79. The van der Waals surface area contributed by atoms with Crippen molar-refractivity contribution in [1.29, 1.82) is 0 Å². The van der Waals surface area contributed by atoms with Crippen LogP contribution in [-0.2, 0) is 6.54 Å². The van der Waals surface area contributed by atoms with Crippen LogP contribution < -0.4 is 10.2 Å². The number of nitrogens with zero attached hydrogens (tertiary/aromatic N) is 2. The lowest BCUT2D eigenvalue weighted by Gasteiger charge is -2.33. The predicted molar refractivity (Wildman–Crippen MR) is 88.5 cm³/mol. The summed E-state index contributed by atoms with van der Waals surface area (Å²) >= 11 is 1.79. The number of hydrogen-bond donors (Lipinski definition) is 1. The van der Waals surface area contributed by atoms with Crippen molar-refractivity contribution in [2.75, 3.05) is 18.0 Å². The minimum atomic E-state index is 0.152. The number of hydrogen-bond acceptors (Lipinski definition) is 4. The predicted octanol–water partition coefficient (Wildman–Crippen LogP) is 3.90. The van der Waals surface area contributed by atoms with Crippen LogP contribution in [0, 0.1) is 11.8 Å². The molecule has 1 N–H and O–H groups in total. The molecule has 4 heteroatoms. The Morgan fingerprint density at radius 3 is 2.55 bits per heavy atom. The number of aromatic nitrogens is 1. The van der Waals surface area contributed by atoms with Gasteiger partial charge in [-0.25, -0.2) is 4.98 Å². The quantitative estimate of drug-likeness (QED) is 0.913. The molecule has 0 amide bonds. The minimum absolute atomic E-state index is 0.152. The molecule has 1 aliphatic rings. The fraction of sp³-hybridized carbons (Fsp3) is 0.812. The van der Waals surface area contributed by atoms with Gasteiger partial charge >= 0.3 is 0 Å². The Labute approximate surface area is 127 Å². The van der Waals surface area contributed by atoms with Gasteiger partial charge in [-0.1, -0.05) is 13.8 Å². The second-order valence-electron chi connectivity index (χ2n) is 7.29. The van der Waals surface area contributed by atoms with Crippen LogP contribution in [0.15, 0.2) is 5.38 Å². The number of thiazole rings is 1. The summed E-state index contributed by atoms with van der Waals surface area (Å²) < 4.78 is 0. The van der Waals surface area contributed by atoms with Crippen LogP contribution in [0.25, 0.3) is 0 Å². The van der Waals surface area contributed by atoms with Gasteiger partial charge in [0.1, 0.15) is 0 Å². The SMILES string of the molecule is CC(C)C1CCN(c2nc(CNC(C)(C)C)cs2)CC1. The average Bonchev–Trinajstić information content (AvgIpc) is 2.84. The molecule has 2 rings (SSSR count). The second kappa shape index (κ2) is 6.44. The smallest absolute Gasteiger partial charge is 0.185 e. The molecule has 114 valence electrons. The molecule has 0 aliphatic carbocycles. The Kier molecular flexibility index (Phi) is 5.08. The van der Waals surface area contributed by atoms with Crippen LogP contribution in [-0.4, -0.2) is 23.6 Å². The molecule has 0 saturated carbocycles. The van der Waals surface area contributed by atoms with Crippen molar-refractivity contribution in [3.05, 3.63) is 11.1 Å². The fourth-order valence-corrected chi connectivity index (χ4v) is 3.51. The molecule has 2 heterocycles. The summed E-state index contributed by atoms with van der Waals surface area (Å²) in [7, 11) is 0. The van der Waals surface area contributed by atoms with E-state index in [-0.39, 0.29) is 5.54 Å². The normalized spacial score (nSPS) is 18.0. The molecule has 3 nitrogen and oxygen atoms in total. The largest absolute Gasteiger partial charge is 0.348 e. The molecule has 0 bridgehead atoms. The first kappa shape index (κ1) is 15.8. The van der Waals surface area contributed by atoms with Crippen molar-refractivity contribution >= 4 is 16.5 Å². The topological polar surface area (TPSA) is 28.2 Å². The highest BCUT2D eigenvalue weighted by Gasteiger charge is 2.23. The van der Waals surface area contributed by atoms with Gasteiger partial charge in [0.15, 0.2) is 5.13 Å². The molecule has 1 aromatic rings. The third-order valence-corrected chi connectivity index (χ3v) is 5.04. The third-order valence-electron chi connectivity index (χ3n) is 4.09. The first-order valence-electron chi connectivity index (χ1n) is 7.79. The Balaban J connectivity index is 1.87. The van der Waals surface area contributed by atoms with Crippen molar-refractivity contribution < 1.29 is 0 Å². The maximum Gasteiger partial charge on any atom is 0.185 e. The molecule has 20 heavy (non-hydrogen) atoms. The highest BCUT2D eigenvalue weighted by molar-refractivity contribution is 7.13. The summed E-state index contributed by atoms with van der Waals surface area (Å²) in [6, 6.07) is 0. The van der Waals surface area contributed by atoms with Gasteiger partial charge in [-0.05, 0) is 45.4 Å². The van der Waals surface area contributed by atoms with Gasteiger partial charge in [0.2, 0.25) is 0 Å². The number of nitrogens with one attached hydrogen (secondary N) is 1. The maximum atomic E-state index is 4.79. The summed E-state index contributed by atoms with van der Waals surface area (Å²) in [5.74, 6) is 1.72. The molecule has 1 saturated heterocycles. The zero-order valence-corrected chi connectivity index (χ0v) is 14.4. The van der Waals surface area contributed by atoms with Gasteiger partial charge in [-0.15, -0.1) is 11.3 Å². The second-order valence-corrected chi connectivity index (χ2v) is 8.13. The number of anilines is 1. The van der Waals surface area contributed by atoms with Crippen molar-refractivity contribution in [3.63, 3.8) is 0 Å². The monoisotopic (exact) mass is 295 g/mol. The van der Waals surface area contributed by atoms with Crippen LogP contribution >= 0.6 is 11.3 Å². The van der Waals surface area contributed by atoms with Gasteiger partial charge in [0.25, 0.3) is 0 Å². The van der Waals surface area contributed by atoms with E-state index in [2.05, 4.69) is 50.2 Å². The van der Waals surface area contributed by atoms with Gasteiger partial charge in [-0.2, -0.15) is 0 Å². The zero-order chi connectivity index (χ0) is 14.8. The third kappa shape index (κ3) is 4.45. The molecule has 0 aromatic carbocycles. The Hall–Kier alpha value is -0.610.